The van der Waals surface area contributed by atoms with Gasteiger partial charge in [0.25, 0.3) is 0 Å². The van der Waals surface area contributed by atoms with Crippen LogP contribution in [0.15, 0.2) is 41.4 Å². The lowest BCUT2D eigenvalue weighted by molar-refractivity contribution is -0.141. The van der Waals surface area contributed by atoms with Gasteiger partial charge in [0, 0.05) is 47.1 Å². The van der Waals surface area contributed by atoms with E-state index in [0.29, 0.717) is 73.4 Å². The number of carboxylic acid groups (broad SMARTS) is 1. The zero-order valence-corrected chi connectivity index (χ0v) is 22.9. The molecule has 0 bridgehead atoms. The number of piperidine rings is 1. The molecule has 1 N–H and O–H groups in total. The molecule has 2 aromatic carbocycles. The van der Waals surface area contributed by atoms with E-state index in [9.17, 15) is 27.5 Å². The van der Waals surface area contributed by atoms with Crippen LogP contribution in [0.1, 0.15) is 49.4 Å². The van der Waals surface area contributed by atoms with E-state index in [0.717, 1.165) is 11.8 Å². The molecule has 1 aliphatic heterocycles. The molecule has 0 spiro atoms. The molecule has 1 atom stereocenters. The van der Waals surface area contributed by atoms with Gasteiger partial charge >= 0.3 is 5.97 Å². The molecule has 216 valence electrons. The second-order valence-electron chi connectivity index (χ2n) is 10.2. The Morgan fingerprint density at radius 1 is 1.18 bits per heavy atom. The minimum atomic E-state index is -1.52. The average Bonchev–Trinajstić information content (AvgIpc) is 2.92. The first-order chi connectivity index (χ1) is 19.1. The standard InChI is InChI=1S/C29H31F5N2O3S/c1-39-20-2-3-25-21(14-20)27(18(16-30)17-35-25)22(32)4-5-29(15-26(37)38)6-8-36(9-7-29)10-11-40-28-23(33)12-19(31)13-24(28)34/h2-3,12-14,17,22H,4-11,15-16H2,1H3,(H,37,38)/t22-/m1/s1. The maximum absolute atomic E-state index is 15.8. The molecule has 1 aromatic heterocycles. The topological polar surface area (TPSA) is 62.7 Å². The Balaban J connectivity index is 1.41. The van der Waals surface area contributed by atoms with Gasteiger partial charge in [0.2, 0.25) is 0 Å². The van der Waals surface area contributed by atoms with Crippen molar-refractivity contribution in [3.8, 4) is 5.75 Å². The van der Waals surface area contributed by atoms with Crippen molar-refractivity contribution in [1.82, 2.24) is 9.88 Å². The van der Waals surface area contributed by atoms with E-state index in [1.807, 2.05) is 0 Å². The molecule has 0 radical (unpaired) electrons. The SMILES string of the molecule is COc1ccc2ncc(CF)c([C@H](F)CCC3(CC(=O)O)CCN(CCSc4c(F)cc(F)cc4F)CC3)c2c1. The number of benzene rings is 2. The molecule has 0 amide bonds. The number of ether oxygens (including phenoxy) is 1. The Labute approximate surface area is 233 Å². The van der Waals surface area contributed by atoms with Gasteiger partial charge in [-0.3, -0.25) is 9.78 Å². The minimum absolute atomic E-state index is 0.0234. The number of carboxylic acids is 1. The van der Waals surface area contributed by atoms with Gasteiger partial charge in [0.15, 0.2) is 0 Å². The van der Waals surface area contributed by atoms with Crippen LogP contribution >= 0.6 is 11.8 Å². The summed E-state index contributed by atoms with van der Waals surface area (Å²) in [4.78, 5) is 17.8. The fourth-order valence-electron chi connectivity index (χ4n) is 5.44. The normalized spacial score (nSPS) is 16.2. The Hall–Kier alpha value is -2.92. The van der Waals surface area contributed by atoms with Crippen LogP contribution in [0, 0.1) is 22.9 Å². The quantitative estimate of drug-likeness (QED) is 0.179. The number of thioether (sulfide) groups is 1. The lowest BCUT2D eigenvalue weighted by atomic mass is 9.71. The number of halogens is 5. The molecule has 0 saturated carbocycles. The number of alkyl halides is 2. The fraction of sp³-hybridized carbons (Fsp3) is 0.448. The predicted octanol–water partition coefficient (Wildman–Crippen LogP) is 7.27. The van der Waals surface area contributed by atoms with Crippen molar-refractivity contribution in [2.24, 2.45) is 5.41 Å². The number of hydrogen-bond donors (Lipinski definition) is 1. The van der Waals surface area contributed by atoms with E-state index in [1.165, 1.54) is 13.3 Å². The fourth-order valence-corrected chi connectivity index (χ4v) is 6.39. The molecule has 1 aliphatic rings. The summed E-state index contributed by atoms with van der Waals surface area (Å²) >= 11 is 0.959. The van der Waals surface area contributed by atoms with Gasteiger partial charge in [0.1, 0.15) is 36.0 Å². The number of nitrogens with zero attached hydrogens (tertiary/aromatic N) is 2. The third-order valence-corrected chi connectivity index (χ3v) is 8.71. The first-order valence-corrected chi connectivity index (χ1v) is 14.0. The van der Waals surface area contributed by atoms with Gasteiger partial charge in [-0.1, -0.05) is 0 Å². The first-order valence-electron chi connectivity index (χ1n) is 13.0. The molecule has 5 nitrogen and oxygen atoms in total. The van der Waals surface area contributed by atoms with Gasteiger partial charge in [-0.05, 0) is 62.4 Å². The van der Waals surface area contributed by atoms with E-state index < -0.39 is 41.7 Å². The Bertz CT molecular complexity index is 1320. The van der Waals surface area contributed by atoms with Crippen LogP contribution in [0.25, 0.3) is 10.9 Å². The van der Waals surface area contributed by atoms with E-state index in [4.69, 9.17) is 4.74 Å². The number of aromatic nitrogens is 1. The van der Waals surface area contributed by atoms with E-state index in [-0.39, 0.29) is 28.9 Å². The summed E-state index contributed by atoms with van der Waals surface area (Å²) in [6.07, 6.45) is 1.04. The molecule has 40 heavy (non-hydrogen) atoms. The highest BCUT2D eigenvalue weighted by atomic mass is 32.2. The van der Waals surface area contributed by atoms with Crippen molar-refractivity contribution in [1.29, 1.82) is 0 Å². The smallest absolute Gasteiger partial charge is 0.303 e. The predicted molar refractivity (Wildman–Crippen MR) is 144 cm³/mol. The number of fused-ring (bicyclic) bond motifs is 1. The summed E-state index contributed by atoms with van der Waals surface area (Å²) in [6.45, 7) is 0.712. The third-order valence-electron chi connectivity index (χ3n) is 7.64. The van der Waals surface area contributed by atoms with E-state index >= 15 is 4.39 Å². The van der Waals surface area contributed by atoms with Crippen LogP contribution in [0.3, 0.4) is 0 Å². The molecule has 1 fully saturated rings. The van der Waals surface area contributed by atoms with Crippen LogP contribution in [-0.4, -0.2) is 53.5 Å². The first kappa shape index (κ1) is 30.0. The van der Waals surface area contributed by atoms with Crippen molar-refractivity contribution < 1.29 is 36.6 Å². The van der Waals surface area contributed by atoms with Gasteiger partial charge in [-0.25, -0.2) is 22.0 Å². The van der Waals surface area contributed by atoms with Crippen LogP contribution < -0.4 is 4.74 Å². The number of methoxy groups -OCH3 is 1. The maximum atomic E-state index is 15.8. The van der Waals surface area contributed by atoms with Gasteiger partial charge in [0.05, 0.1) is 23.9 Å². The highest BCUT2D eigenvalue weighted by Crippen LogP contribution is 2.43. The van der Waals surface area contributed by atoms with Crippen molar-refractivity contribution in [3.63, 3.8) is 0 Å². The highest BCUT2D eigenvalue weighted by Gasteiger charge is 2.37. The Morgan fingerprint density at radius 2 is 1.88 bits per heavy atom. The monoisotopic (exact) mass is 582 g/mol. The third kappa shape index (κ3) is 7.04. The molecule has 3 aromatic rings. The number of aliphatic carboxylic acids is 1. The molecule has 11 heteroatoms. The summed E-state index contributed by atoms with van der Waals surface area (Å²) in [7, 11) is 1.49. The highest BCUT2D eigenvalue weighted by molar-refractivity contribution is 7.99. The summed E-state index contributed by atoms with van der Waals surface area (Å²) in [5.41, 5.74) is 0.252. The van der Waals surface area contributed by atoms with Crippen LogP contribution in [0.2, 0.25) is 0 Å². The lowest BCUT2D eigenvalue weighted by Gasteiger charge is -2.41. The largest absolute Gasteiger partial charge is 0.497 e. The van der Waals surface area contributed by atoms with Crippen molar-refractivity contribution in [2.45, 2.75) is 49.8 Å². The van der Waals surface area contributed by atoms with Crippen LogP contribution in [0.5, 0.6) is 5.75 Å². The Kier molecular flexibility index (Phi) is 9.89. The second kappa shape index (κ2) is 13.2. The zero-order valence-electron chi connectivity index (χ0n) is 22.1. The molecule has 0 aliphatic carbocycles. The summed E-state index contributed by atoms with van der Waals surface area (Å²) < 4.78 is 75.9. The molecule has 1 saturated heterocycles. The number of pyridine rings is 1. The van der Waals surface area contributed by atoms with Gasteiger partial charge < -0.3 is 14.7 Å². The Morgan fingerprint density at radius 3 is 2.50 bits per heavy atom. The molecular weight excluding hydrogens is 551 g/mol. The van der Waals surface area contributed by atoms with Gasteiger partial charge in [-0.15, -0.1) is 11.8 Å². The summed E-state index contributed by atoms with van der Waals surface area (Å²) in [6, 6.07) is 6.31. The maximum Gasteiger partial charge on any atom is 0.303 e. The molecular formula is C29H31F5N2O3S. The van der Waals surface area contributed by atoms with Crippen molar-refractivity contribution in [3.05, 3.63) is 65.1 Å². The summed E-state index contributed by atoms with van der Waals surface area (Å²) in [5, 5.41) is 10.1. The lowest BCUT2D eigenvalue weighted by Crippen LogP contribution is -2.42. The number of likely N-dealkylation sites (tertiary alicyclic amines) is 1. The number of carbonyl (C=O) groups is 1. The van der Waals surface area contributed by atoms with Crippen LogP contribution in [0.4, 0.5) is 22.0 Å². The molecule has 2 heterocycles. The van der Waals surface area contributed by atoms with Gasteiger partial charge in [-0.2, -0.15) is 0 Å². The average molecular weight is 583 g/mol. The van der Waals surface area contributed by atoms with Crippen molar-refractivity contribution >= 4 is 28.6 Å². The van der Waals surface area contributed by atoms with Crippen LogP contribution in [-0.2, 0) is 11.5 Å². The van der Waals surface area contributed by atoms with E-state index in [2.05, 4.69) is 9.88 Å². The second-order valence-corrected chi connectivity index (χ2v) is 11.3. The van der Waals surface area contributed by atoms with Crippen molar-refractivity contribution in [2.75, 3.05) is 32.5 Å². The summed E-state index contributed by atoms with van der Waals surface area (Å²) in [5.74, 6) is -2.97. The zero-order chi connectivity index (χ0) is 28.9. The molecule has 4 rings (SSSR count). The number of hydrogen-bond acceptors (Lipinski definition) is 5. The number of rotatable bonds is 12. The minimum Gasteiger partial charge on any atom is -0.497 e. The molecule has 0 unspecified atom stereocenters. The van der Waals surface area contributed by atoms with E-state index in [1.54, 1.807) is 18.2 Å².